The third kappa shape index (κ3) is 4.40. The summed E-state index contributed by atoms with van der Waals surface area (Å²) >= 11 is 1.71. The van der Waals surface area contributed by atoms with E-state index in [0.717, 1.165) is 22.5 Å². The molecule has 1 aromatic carbocycles. The van der Waals surface area contributed by atoms with Crippen molar-refractivity contribution in [2.45, 2.75) is 23.8 Å². The Labute approximate surface area is 175 Å². The lowest BCUT2D eigenvalue weighted by Crippen LogP contribution is -2.30. The molecule has 0 saturated heterocycles. The summed E-state index contributed by atoms with van der Waals surface area (Å²) in [5, 5.41) is 0. The van der Waals surface area contributed by atoms with Gasteiger partial charge in [-0.25, -0.2) is 4.39 Å². The molecule has 0 radical (unpaired) electrons. The van der Waals surface area contributed by atoms with E-state index < -0.39 is 0 Å². The fraction of sp³-hybridized carbons (Fsp3) is 0.167. The molecule has 2 aromatic heterocycles. The van der Waals surface area contributed by atoms with Gasteiger partial charge in [0.1, 0.15) is 5.83 Å². The van der Waals surface area contributed by atoms with Crippen LogP contribution in [0.25, 0.3) is 0 Å². The van der Waals surface area contributed by atoms with Crippen molar-refractivity contribution in [2.24, 2.45) is 0 Å². The molecular formula is C24H22FN3S. The van der Waals surface area contributed by atoms with Gasteiger partial charge in [-0.1, -0.05) is 18.2 Å². The van der Waals surface area contributed by atoms with Crippen LogP contribution in [-0.2, 0) is 0 Å². The Morgan fingerprint density at radius 3 is 2.21 bits per heavy atom. The molecule has 0 bridgehead atoms. The molecule has 0 N–H and O–H groups in total. The Hall–Kier alpha value is -2.92. The van der Waals surface area contributed by atoms with Gasteiger partial charge in [-0.3, -0.25) is 9.97 Å². The standard InChI is InChI=1S/C24H22FN3S/c1-29-23-8-2-7-22(15-23)28(21-11-9-20(25)10-12-21)24(18-5-3-13-26-16-18)19-6-4-14-27-17-19/h2-9,11,13-17,24H,10,12H2,1H3. The Bertz CT molecular complexity index is 979. The van der Waals surface area contributed by atoms with Crippen molar-refractivity contribution in [1.82, 2.24) is 9.97 Å². The molecule has 0 unspecified atom stereocenters. The van der Waals surface area contributed by atoms with E-state index in [9.17, 15) is 4.39 Å². The van der Waals surface area contributed by atoms with E-state index in [2.05, 4.69) is 57.5 Å². The fourth-order valence-corrected chi connectivity index (χ4v) is 4.06. The number of benzene rings is 1. The van der Waals surface area contributed by atoms with Crippen molar-refractivity contribution >= 4 is 17.4 Å². The van der Waals surface area contributed by atoms with Crippen LogP contribution in [0.3, 0.4) is 0 Å². The van der Waals surface area contributed by atoms with Crippen LogP contribution in [0.2, 0.25) is 0 Å². The highest BCUT2D eigenvalue weighted by atomic mass is 32.2. The Kier molecular flexibility index (Phi) is 6.06. The van der Waals surface area contributed by atoms with Crippen LogP contribution in [0.15, 0.2) is 102 Å². The van der Waals surface area contributed by atoms with Crippen LogP contribution in [0.1, 0.15) is 30.0 Å². The maximum atomic E-state index is 13.8. The van der Waals surface area contributed by atoms with Gasteiger partial charge in [-0.15, -0.1) is 11.8 Å². The van der Waals surface area contributed by atoms with E-state index in [4.69, 9.17) is 0 Å². The first-order chi connectivity index (χ1) is 14.3. The first-order valence-corrected chi connectivity index (χ1v) is 10.8. The molecule has 3 nitrogen and oxygen atoms in total. The summed E-state index contributed by atoms with van der Waals surface area (Å²) in [4.78, 5) is 12.2. The Balaban J connectivity index is 1.91. The molecule has 29 heavy (non-hydrogen) atoms. The van der Waals surface area contributed by atoms with E-state index in [-0.39, 0.29) is 11.9 Å². The summed E-state index contributed by atoms with van der Waals surface area (Å²) in [5.41, 5.74) is 4.26. The molecule has 0 spiro atoms. The van der Waals surface area contributed by atoms with E-state index in [1.807, 2.05) is 30.6 Å². The number of aromatic nitrogens is 2. The highest BCUT2D eigenvalue weighted by Crippen LogP contribution is 2.39. The van der Waals surface area contributed by atoms with Crippen molar-refractivity contribution in [3.63, 3.8) is 0 Å². The minimum absolute atomic E-state index is 0.0779. The number of halogens is 1. The van der Waals surface area contributed by atoms with E-state index in [1.165, 1.54) is 4.90 Å². The number of hydrogen-bond donors (Lipinski definition) is 0. The molecule has 146 valence electrons. The second-order valence-electron chi connectivity index (χ2n) is 6.82. The van der Waals surface area contributed by atoms with Crippen LogP contribution in [-0.4, -0.2) is 16.2 Å². The van der Waals surface area contributed by atoms with Gasteiger partial charge in [0.15, 0.2) is 0 Å². The van der Waals surface area contributed by atoms with Crippen molar-refractivity contribution in [3.8, 4) is 0 Å². The highest BCUT2D eigenvalue weighted by molar-refractivity contribution is 7.98. The molecule has 0 atom stereocenters. The highest BCUT2D eigenvalue weighted by Gasteiger charge is 2.27. The van der Waals surface area contributed by atoms with E-state index in [1.54, 1.807) is 30.2 Å². The Morgan fingerprint density at radius 1 is 0.931 bits per heavy atom. The quantitative estimate of drug-likeness (QED) is 0.450. The number of pyridine rings is 2. The van der Waals surface area contributed by atoms with Gasteiger partial charge >= 0.3 is 0 Å². The van der Waals surface area contributed by atoms with E-state index >= 15 is 0 Å². The lowest BCUT2D eigenvalue weighted by atomic mass is 9.96. The fourth-order valence-electron chi connectivity index (χ4n) is 3.61. The van der Waals surface area contributed by atoms with Gasteiger partial charge in [0, 0.05) is 47.5 Å². The topological polar surface area (TPSA) is 29.0 Å². The number of rotatable bonds is 6. The minimum atomic E-state index is -0.115. The summed E-state index contributed by atoms with van der Waals surface area (Å²) in [7, 11) is 0. The average molecular weight is 404 g/mol. The lowest BCUT2D eigenvalue weighted by Gasteiger charge is -2.37. The third-order valence-electron chi connectivity index (χ3n) is 4.98. The zero-order chi connectivity index (χ0) is 20.1. The lowest BCUT2D eigenvalue weighted by molar-refractivity contribution is 0.573. The van der Waals surface area contributed by atoms with Crippen LogP contribution in [0.5, 0.6) is 0 Å². The molecule has 4 rings (SSSR count). The second-order valence-corrected chi connectivity index (χ2v) is 7.70. The van der Waals surface area contributed by atoms with Gasteiger partial charge in [0.05, 0.1) is 6.04 Å². The molecule has 3 aromatic rings. The molecule has 2 heterocycles. The molecule has 0 fully saturated rings. The third-order valence-corrected chi connectivity index (χ3v) is 5.70. The van der Waals surface area contributed by atoms with Crippen molar-refractivity contribution in [2.75, 3.05) is 11.2 Å². The number of thioether (sulfide) groups is 1. The van der Waals surface area contributed by atoms with Crippen LogP contribution >= 0.6 is 11.8 Å². The first kappa shape index (κ1) is 19.4. The zero-order valence-corrected chi connectivity index (χ0v) is 17.0. The van der Waals surface area contributed by atoms with Gasteiger partial charge in [-0.2, -0.15) is 0 Å². The molecule has 0 aliphatic heterocycles. The number of allylic oxidation sites excluding steroid dienone is 4. The van der Waals surface area contributed by atoms with Gasteiger partial charge in [0.25, 0.3) is 0 Å². The van der Waals surface area contributed by atoms with Crippen molar-refractivity contribution in [3.05, 3.63) is 108 Å². The summed E-state index contributed by atoms with van der Waals surface area (Å²) in [6.07, 6.45) is 13.9. The molecule has 1 aliphatic carbocycles. The molecule has 1 aliphatic rings. The summed E-state index contributed by atoms with van der Waals surface area (Å²) in [6, 6.07) is 16.4. The second kappa shape index (κ2) is 9.05. The SMILES string of the molecule is CSc1cccc(N(C2=CC=C(F)CC2)C(c2cccnc2)c2cccnc2)c1. The minimum Gasteiger partial charge on any atom is -0.333 e. The van der Waals surface area contributed by atoms with E-state index in [0.29, 0.717) is 12.8 Å². The van der Waals surface area contributed by atoms with Crippen LogP contribution in [0.4, 0.5) is 10.1 Å². The molecule has 0 saturated carbocycles. The Morgan fingerprint density at radius 2 is 1.66 bits per heavy atom. The monoisotopic (exact) mass is 403 g/mol. The normalized spacial score (nSPS) is 13.8. The summed E-state index contributed by atoms with van der Waals surface area (Å²) in [6.45, 7) is 0. The first-order valence-electron chi connectivity index (χ1n) is 9.54. The number of anilines is 1. The summed E-state index contributed by atoms with van der Waals surface area (Å²) < 4.78 is 13.8. The average Bonchev–Trinajstić information content (AvgIpc) is 2.79. The summed E-state index contributed by atoms with van der Waals surface area (Å²) in [5.74, 6) is -0.0779. The molecule has 0 amide bonds. The van der Waals surface area contributed by atoms with Gasteiger partial charge < -0.3 is 4.90 Å². The molecule has 5 heteroatoms. The zero-order valence-electron chi connectivity index (χ0n) is 16.2. The number of hydrogen-bond acceptors (Lipinski definition) is 4. The van der Waals surface area contributed by atoms with Crippen LogP contribution in [0, 0.1) is 0 Å². The van der Waals surface area contributed by atoms with Crippen molar-refractivity contribution in [1.29, 1.82) is 0 Å². The molecular weight excluding hydrogens is 381 g/mol. The van der Waals surface area contributed by atoms with Gasteiger partial charge in [-0.05, 0) is 66.3 Å². The maximum Gasteiger partial charge on any atom is 0.100 e. The smallest absolute Gasteiger partial charge is 0.100 e. The largest absolute Gasteiger partial charge is 0.333 e. The van der Waals surface area contributed by atoms with Crippen molar-refractivity contribution < 1.29 is 4.39 Å². The number of nitrogens with zero attached hydrogens (tertiary/aromatic N) is 3. The van der Waals surface area contributed by atoms with Gasteiger partial charge in [0.2, 0.25) is 0 Å². The predicted octanol–water partition coefficient (Wildman–Crippen LogP) is 6.33. The predicted molar refractivity (Wildman–Crippen MR) is 118 cm³/mol. The van der Waals surface area contributed by atoms with Crippen LogP contribution < -0.4 is 4.90 Å². The maximum absolute atomic E-state index is 13.8.